The van der Waals surface area contributed by atoms with Crippen LogP contribution in [0.25, 0.3) is 11.4 Å². The molecule has 4 heteroatoms. The molecule has 0 atom stereocenters. The molecular formula is C10H6F2N2. The molecule has 70 valence electrons. The quantitative estimate of drug-likeness (QED) is 0.648. The Morgan fingerprint density at radius 1 is 0.857 bits per heavy atom. The highest BCUT2D eigenvalue weighted by Crippen LogP contribution is 2.14. The maximum atomic E-state index is 12.7. The van der Waals surface area contributed by atoms with E-state index in [0.29, 0.717) is 11.6 Å². The third kappa shape index (κ3) is 1.74. The van der Waals surface area contributed by atoms with Gasteiger partial charge in [-0.2, -0.15) is 18.7 Å². The van der Waals surface area contributed by atoms with Crippen LogP contribution in [0.15, 0.2) is 36.4 Å². The van der Waals surface area contributed by atoms with Gasteiger partial charge in [0.1, 0.15) is 0 Å². The van der Waals surface area contributed by atoms with Gasteiger partial charge in [0, 0.05) is 11.6 Å². The van der Waals surface area contributed by atoms with Crippen molar-refractivity contribution in [3.8, 4) is 11.4 Å². The first-order valence-electron chi connectivity index (χ1n) is 4.01. The van der Waals surface area contributed by atoms with Crippen LogP contribution in [0.2, 0.25) is 0 Å². The molecule has 0 N–H and O–H groups in total. The zero-order valence-corrected chi connectivity index (χ0v) is 7.11. The highest BCUT2D eigenvalue weighted by atomic mass is 19.1. The Kier molecular flexibility index (Phi) is 2.18. The summed E-state index contributed by atoms with van der Waals surface area (Å²) in [6, 6.07) is 9.33. The molecule has 2 nitrogen and oxygen atoms in total. The summed E-state index contributed by atoms with van der Waals surface area (Å²) in [5.74, 6) is -1.67. The van der Waals surface area contributed by atoms with Crippen molar-refractivity contribution in [1.29, 1.82) is 0 Å². The lowest BCUT2D eigenvalue weighted by molar-refractivity contribution is 0.528. The van der Waals surface area contributed by atoms with Crippen molar-refractivity contribution in [3.05, 3.63) is 48.3 Å². The van der Waals surface area contributed by atoms with E-state index in [1.807, 2.05) is 0 Å². The van der Waals surface area contributed by atoms with Crippen LogP contribution in [0, 0.1) is 11.9 Å². The Balaban J connectivity index is 2.52. The van der Waals surface area contributed by atoms with Gasteiger partial charge in [0.25, 0.3) is 0 Å². The summed E-state index contributed by atoms with van der Waals surface area (Å²) in [5.41, 5.74) is 0.589. The van der Waals surface area contributed by atoms with Gasteiger partial charge in [-0.3, -0.25) is 0 Å². The molecule has 0 amide bonds. The number of hydrogen-bond acceptors (Lipinski definition) is 2. The second-order valence-electron chi connectivity index (χ2n) is 2.70. The van der Waals surface area contributed by atoms with E-state index < -0.39 is 11.9 Å². The van der Waals surface area contributed by atoms with Gasteiger partial charge >= 0.3 is 0 Å². The number of halogens is 2. The zero-order chi connectivity index (χ0) is 9.97. The van der Waals surface area contributed by atoms with E-state index in [9.17, 15) is 8.78 Å². The average Bonchev–Trinajstić information content (AvgIpc) is 2.18. The minimum atomic E-state index is -0.864. The summed E-state index contributed by atoms with van der Waals surface area (Å²) in [6.07, 6.45) is 0. The monoisotopic (exact) mass is 192 g/mol. The number of benzene rings is 1. The Labute approximate surface area is 79.3 Å². The molecule has 2 aromatic rings. The summed E-state index contributed by atoms with van der Waals surface area (Å²) in [7, 11) is 0. The molecule has 0 aliphatic carbocycles. The molecule has 1 aromatic carbocycles. The number of hydrogen-bond donors (Lipinski definition) is 0. The largest absolute Gasteiger partial charge is 0.219 e. The predicted octanol–water partition coefficient (Wildman–Crippen LogP) is 2.42. The topological polar surface area (TPSA) is 25.8 Å². The lowest BCUT2D eigenvalue weighted by Gasteiger charge is -1.98. The highest BCUT2D eigenvalue weighted by Gasteiger charge is 2.05. The van der Waals surface area contributed by atoms with Gasteiger partial charge in [-0.15, -0.1) is 0 Å². The molecule has 0 fully saturated rings. The average molecular weight is 192 g/mol. The van der Waals surface area contributed by atoms with Crippen molar-refractivity contribution in [1.82, 2.24) is 9.97 Å². The second kappa shape index (κ2) is 3.49. The van der Waals surface area contributed by atoms with Crippen molar-refractivity contribution in [2.45, 2.75) is 0 Å². The van der Waals surface area contributed by atoms with Crippen molar-refractivity contribution in [2.75, 3.05) is 0 Å². The Morgan fingerprint density at radius 3 is 2.00 bits per heavy atom. The Bertz CT molecular complexity index is 423. The van der Waals surface area contributed by atoms with Crippen LogP contribution in [0.1, 0.15) is 0 Å². The minimum Gasteiger partial charge on any atom is -0.199 e. The molecule has 0 radical (unpaired) electrons. The minimum absolute atomic E-state index is 0.0584. The third-order valence-corrected chi connectivity index (χ3v) is 1.70. The van der Waals surface area contributed by atoms with Crippen LogP contribution < -0.4 is 0 Å². The smallest absolute Gasteiger partial charge is 0.199 e. The number of nitrogens with zero attached hydrogens (tertiary/aromatic N) is 2. The zero-order valence-electron chi connectivity index (χ0n) is 7.11. The molecular weight excluding hydrogens is 186 g/mol. The van der Waals surface area contributed by atoms with E-state index >= 15 is 0 Å². The van der Waals surface area contributed by atoms with Crippen molar-refractivity contribution < 1.29 is 8.78 Å². The van der Waals surface area contributed by atoms with E-state index in [1.54, 1.807) is 30.3 Å². The molecule has 1 heterocycles. The van der Waals surface area contributed by atoms with Crippen molar-refractivity contribution in [2.24, 2.45) is 0 Å². The van der Waals surface area contributed by atoms with E-state index in [2.05, 4.69) is 9.97 Å². The fourth-order valence-electron chi connectivity index (χ4n) is 1.11. The standard InChI is InChI=1S/C10H6F2N2/c11-8-6-9(12)14-10(13-8)7-4-2-1-3-5-7/h1-6H. The molecule has 0 spiro atoms. The van der Waals surface area contributed by atoms with Gasteiger partial charge in [-0.05, 0) is 0 Å². The van der Waals surface area contributed by atoms with Gasteiger partial charge in [0.05, 0.1) is 0 Å². The molecule has 0 aliphatic heterocycles. The molecule has 0 saturated carbocycles. The highest BCUT2D eigenvalue weighted by molar-refractivity contribution is 5.53. The summed E-state index contributed by atoms with van der Waals surface area (Å²) in [4.78, 5) is 6.97. The fourth-order valence-corrected chi connectivity index (χ4v) is 1.11. The number of rotatable bonds is 1. The van der Waals surface area contributed by atoms with Gasteiger partial charge < -0.3 is 0 Å². The Hall–Kier alpha value is -1.84. The SMILES string of the molecule is Fc1cc(F)nc(-c2ccccc2)n1. The Morgan fingerprint density at radius 2 is 1.43 bits per heavy atom. The van der Waals surface area contributed by atoms with E-state index in [1.165, 1.54) is 0 Å². The van der Waals surface area contributed by atoms with Crippen LogP contribution >= 0.6 is 0 Å². The van der Waals surface area contributed by atoms with Crippen LogP contribution in [0.3, 0.4) is 0 Å². The number of aromatic nitrogens is 2. The normalized spacial score (nSPS) is 10.1. The van der Waals surface area contributed by atoms with Gasteiger partial charge in [-0.1, -0.05) is 30.3 Å². The van der Waals surface area contributed by atoms with Crippen molar-refractivity contribution in [3.63, 3.8) is 0 Å². The van der Waals surface area contributed by atoms with E-state index in [0.717, 1.165) is 0 Å². The summed E-state index contributed by atoms with van der Waals surface area (Å²) < 4.78 is 25.4. The molecule has 2 rings (SSSR count). The van der Waals surface area contributed by atoms with Gasteiger partial charge in [-0.25, -0.2) is 0 Å². The third-order valence-electron chi connectivity index (χ3n) is 1.70. The molecule has 0 aliphatic rings. The fraction of sp³-hybridized carbons (Fsp3) is 0. The first-order chi connectivity index (χ1) is 6.75. The van der Waals surface area contributed by atoms with Crippen molar-refractivity contribution >= 4 is 0 Å². The first-order valence-corrected chi connectivity index (χ1v) is 4.01. The maximum absolute atomic E-state index is 12.7. The molecule has 14 heavy (non-hydrogen) atoms. The molecule has 0 saturated heterocycles. The predicted molar refractivity (Wildman–Crippen MR) is 47.4 cm³/mol. The van der Waals surface area contributed by atoms with Crippen LogP contribution in [-0.2, 0) is 0 Å². The molecule has 0 unspecified atom stereocenters. The van der Waals surface area contributed by atoms with Crippen LogP contribution in [-0.4, -0.2) is 9.97 Å². The van der Waals surface area contributed by atoms with E-state index in [4.69, 9.17) is 0 Å². The van der Waals surface area contributed by atoms with Gasteiger partial charge in [0.15, 0.2) is 5.82 Å². The maximum Gasteiger partial charge on any atom is 0.219 e. The molecule has 0 bridgehead atoms. The molecule has 1 aromatic heterocycles. The first kappa shape index (κ1) is 8.74. The van der Waals surface area contributed by atoms with Crippen LogP contribution in [0.5, 0.6) is 0 Å². The summed E-state index contributed by atoms with van der Waals surface area (Å²) in [6.45, 7) is 0. The van der Waals surface area contributed by atoms with E-state index in [-0.39, 0.29) is 5.82 Å². The summed E-state index contributed by atoms with van der Waals surface area (Å²) >= 11 is 0. The lowest BCUT2D eigenvalue weighted by Crippen LogP contribution is -1.95. The van der Waals surface area contributed by atoms with Crippen LogP contribution in [0.4, 0.5) is 8.78 Å². The lowest BCUT2D eigenvalue weighted by atomic mass is 10.2. The second-order valence-corrected chi connectivity index (χ2v) is 2.70. The summed E-state index contributed by atoms with van der Waals surface area (Å²) in [5, 5.41) is 0. The van der Waals surface area contributed by atoms with Gasteiger partial charge in [0.2, 0.25) is 11.9 Å².